The summed E-state index contributed by atoms with van der Waals surface area (Å²) in [5.74, 6) is -2.12. The predicted molar refractivity (Wildman–Crippen MR) is 73.6 cm³/mol. The van der Waals surface area contributed by atoms with E-state index in [1.807, 2.05) is 13.8 Å². The third-order valence-corrected chi connectivity index (χ3v) is 3.72. The van der Waals surface area contributed by atoms with Gasteiger partial charge in [0, 0.05) is 18.7 Å². The van der Waals surface area contributed by atoms with Gasteiger partial charge in [0.15, 0.2) is 17.4 Å². The second-order valence-corrected chi connectivity index (χ2v) is 4.61. The van der Waals surface area contributed by atoms with Gasteiger partial charge in [0.25, 0.3) is 0 Å². The molecule has 0 bridgehead atoms. The Balaban J connectivity index is 3.04. The lowest BCUT2D eigenvalue weighted by molar-refractivity contribution is -0.125. The Morgan fingerprint density at radius 2 is 1.90 bits per heavy atom. The van der Waals surface area contributed by atoms with Gasteiger partial charge in [-0.15, -0.1) is 0 Å². The number of nitrogens with two attached hydrogens (primary N) is 1. The van der Waals surface area contributed by atoms with Crippen molar-refractivity contribution in [2.45, 2.75) is 26.7 Å². The fourth-order valence-electron chi connectivity index (χ4n) is 1.99. The summed E-state index contributed by atoms with van der Waals surface area (Å²) in [5, 5.41) is 2.41. The van der Waals surface area contributed by atoms with Gasteiger partial charge in [-0.05, 0) is 12.8 Å². The fraction of sp³-hybridized carbons (Fsp3) is 0.500. The number of nitrogens with one attached hydrogen (secondary N) is 1. The summed E-state index contributed by atoms with van der Waals surface area (Å²) in [7, 11) is 1.24. The lowest BCUT2D eigenvalue weighted by Gasteiger charge is -2.28. The molecule has 4 nitrogen and oxygen atoms in total. The van der Waals surface area contributed by atoms with Gasteiger partial charge in [0.05, 0.1) is 18.2 Å². The van der Waals surface area contributed by atoms with E-state index in [1.165, 1.54) is 7.11 Å². The number of hydrogen-bond acceptors (Lipinski definition) is 3. The van der Waals surface area contributed by atoms with E-state index < -0.39 is 23.0 Å². The van der Waals surface area contributed by atoms with Crippen molar-refractivity contribution in [3.05, 3.63) is 23.8 Å². The Morgan fingerprint density at radius 3 is 2.35 bits per heavy atom. The zero-order valence-electron chi connectivity index (χ0n) is 11.9. The Bertz CT molecular complexity index is 480. The number of halogens is 2. The van der Waals surface area contributed by atoms with E-state index >= 15 is 0 Å². The monoisotopic (exact) mass is 286 g/mol. The Kier molecular flexibility index (Phi) is 5.44. The van der Waals surface area contributed by atoms with Crippen LogP contribution < -0.4 is 15.8 Å². The van der Waals surface area contributed by atoms with Crippen LogP contribution in [0.1, 0.15) is 26.7 Å². The zero-order valence-corrected chi connectivity index (χ0v) is 11.9. The molecule has 20 heavy (non-hydrogen) atoms. The standard InChI is InChI=1S/C14H20F2N2O2/c1-4-14(5-2,8-17)13(19)18-11-6-10(16)12(20-3)7-9(11)15/h6-7H,4-5,8,17H2,1-3H3,(H,18,19). The maximum Gasteiger partial charge on any atom is 0.231 e. The zero-order chi connectivity index (χ0) is 15.3. The molecule has 0 unspecified atom stereocenters. The molecule has 0 fully saturated rings. The predicted octanol–water partition coefficient (Wildman–Crippen LogP) is 2.68. The Hall–Kier alpha value is -1.69. The topological polar surface area (TPSA) is 64.4 Å². The molecule has 0 heterocycles. The number of benzene rings is 1. The quantitative estimate of drug-likeness (QED) is 0.845. The molecule has 0 aliphatic rings. The Labute approximate surface area is 117 Å². The summed E-state index contributed by atoms with van der Waals surface area (Å²) in [6, 6.07) is 1.80. The van der Waals surface area contributed by atoms with E-state index in [4.69, 9.17) is 5.73 Å². The molecule has 0 atom stereocenters. The average molecular weight is 286 g/mol. The van der Waals surface area contributed by atoms with Crippen LogP contribution in [-0.2, 0) is 4.79 Å². The van der Waals surface area contributed by atoms with Crippen molar-refractivity contribution in [2.75, 3.05) is 19.0 Å². The number of methoxy groups -OCH3 is 1. The summed E-state index contributed by atoms with van der Waals surface area (Å²) >= 11 is 0. The first-order valence-electron chi connectivity index (χ1n) is 6.48. The fourth-order valence-corrected chi connectivity index (χ4v) is 1.99. The molecule has 0 aliphatic carbocycles. The van der Waals surface area contributed by atoms with E-state index in [0.717, 1.165) is 12.1 Å². The smallest absolute Gasteiger partial charge is 0.231 e. The molecule has 1 rings (SSSR count). The summed E-state index contributed by atoms with van der Waals surface area (Å²) in [4.78, 5) is 12.2. The van der Waals surface area contributed by atoms with Crippen molar-refractivity contribution >= 4 is 11.6 Å². The van der Waals surface area contributed by atoms with E-state index in [1.54, 1.807) is 0 Å². The van der Waals surface area contributed by atoms with Gasteiger partial charge >= 0.3 is 0 Å². The summed E-state index contributed by atoms with van der Waals surface area (Å²) in [6.07, 6.45) is 1.04. The van der Waals surface area contributed by atoms with E-state index in [0.29, 0.717) is 12.8 Å². The second-order valence-electron chi connectivity index (χ2n) is 4.61. The maximum absolute atomic E-state index is 13.8. The van der Waals surface area contributed by atoms with Crippen LogP contribution >= 0.6 is 0 Å². The molecule has 0 saturated carbocycles. The van der Waals surface area contributed by atoms with Crippen LogP contribution in [0.15, 0.2) is 12.1 Å². The van der Waals surface area contributed by atoms with Crippen LogP contribution in [-0.4, -0.2) is 19.6 Å². The van der Waals surface area contributed by atoms with Crippen LogP contribution in [0.3, 0.4) is 0 Å². The molecule has 3 N–H and O–H groups in total. The minimum atomic E-state index is -0.775. The molecule has 1 aromatic carbocycles. The molecule has 1 amide bonds. The molecule has 0 radical (unpaired) electrons. The summed E-state index contributed by atoms with van der Waals surface area (Å²) in [6.45, 7) is 3.81. The van der Waals surface area contributed by atoms with Gasteiger partial charge in [0.1, 0.15) is 0 Å². The van der Waals surface area contributed by atoms with Crippen molar-refractivity contribution in [1.29, 1.82) is 0 Å². The molecule has 0 aromatic heterocycles. The largest absolute Gasteiger partial charge is 0.494 e. The molecule has 112 valence electrons. The van der Waals surface area contributed by atoms with Crippen LogP contribution in [0.25, 0.3) is 0 Å². The molecular formula is C14H20F2N2O2. The number of anilines is 1. The number of ether oxygens (including phenoxy) is 1. The van der Waals surface area contributed by atoms with Crippen LogP contribution in [0.2, 0.25) is 0 Å². The SMILES string of the molecule is CCC(CC)(CN)C(=O)Nc1cc(F)c(OC)cc1F. The lowest BCUT2D eigenvalue weighted by atomic mass is 9.81. The highest BCUT2D eigenvalue weighted by Gasteiger charge is 2.33. The van der Waals surface area contributed by atoms with Gasteiger partial charge in [-0.25, -0.2) is 8.78 Å². The minimum Gasteiger partial charge on any atom is -0.494 e. The molecule has 0 aliphatic heterocycles. The van der Waals surface area contributed by atoms with E-state index in [-0.39, 0.29) is 18.0 Å². The van der Waals surface area contributed by atoms with Crippen LogP contribution in [0, 0.1) is 17.0 Å². The van der Waals surface area contributed by atoms with Crippen molar-refractivity contribution < 1.29 is 18.3 Å². The number of carbonyl (C=O) groups excluding carboxylic acids is 1. The summed E-state index contributed by atoms with van der Waals surface area (Å²) < 4.78 is 32.0. The van der Waals surface area contributed by atoms with E-state index in [2.05, 4.69) is 10.1 Å². The average Bonchev–Trinajstić information content (AvgIpc) is 2.45. The van der Waals surface area contributed by atoms with Crippen molar-refractivity contribution in [2.24, 2.45) is 11.1 Å². The van der Waals surface area contributed by atoms with Crippen LogP contribution in [0.4, 0.5) is 14.5 Å². The molecule has 0 saturated heterocycles. The molecular weight excluding hydrogens is 266 g/mol. The highest BCUT2D eigenvalue weighted by molar-refractivity contribution is 5.95. The molecule has 0 spiro atoms. The number of hydrogen-bond donors (Lipinski definition) is 2. The molecule has 1 aromatic rings. The van der Waals surface area contributed by atoms with E-state index in [9.17, 15) is 13.6 Å². The lowest BCUT2D eigenvalue weighted by Crippen LogP contribution is -2.41. The second kappa shape index (κ2) is 6.65. The number of carbonyl (C=O) groups is 1. The third-order valence-electron chi connectivity index (χ3n) is 3.72. The minimum absolute atomic E-state index is 0.145. The maximum atomic E-state index is 13.8. The molecule has 6 heteroatoms. The highest BCUT2D eigenvalue weighted by Crippen LogP contribution is 2.29. The van der Waals surface area contributed by atoms with Gasteiger partial charge < -0.3 is 15.8 Å². The van der Waals surface area contributed by atoms with Gasteiger partial charge in [-0.3, -0.25) is 4.79 Å². The highest BCUT2D eigenvalue weighted by atomic mass is 19.1. The Morgan fingerprint density at radius 1 is 1.30 bits per heavy atom. The number of rotatable bonds is 6. The van der Waals surface area contributed by atoms with Gasteiger partial charge in [-0.2, -0.15) is 0 Å². The first kappa shape index (κ1) is 16.4. The number of amides is 1. The van der Waals surface area contributed by atoms with Crippen LogP contribution in [0.5, 0.6) is 5.75 Å². The summed E-state index contributed by atoms with van der Waals surface area (Å²) in [5.41, 5.74) is 4.66. The normalized spacial score (nSPS) is 11.3. The first-order chi connectivity index (χ1) is 9.43. The third kappa shape index (κ3) is 3.07. The van der Waals surface area contributed by atoms with Gasteiger partial charge in [-0.1, -0.05) is 13.8 Å². The van der Waals surface area contributed by atoms with Crippen molar-refractivity contribution in [1.82, 2.24) is 0 Å². The van der Waals surface area contributed by atoms with Crippen molar-refractivity contribution in [3.63, 3.8) is 0 Å². The first-order valence-corrected chi connectivity index (χ1v) is 6.48. The van der Waals surface area contributed by atoms with Gasteiger partial charge in [0.2, 0.25) is 5.91 Å². The van der Waals surface area contributed by atoms with Crippen molar-refractivity contribution in [3.8, 4) is 5.75 Å².